The number of alkyl halides is 3. The van der Waals surface area contributed by atoms with Crippen LogP contribution in [0.4, 0.5) is 27.6 Å². The van der Waals surface area contributed by atoms with Crippen molar-refractivity contribution in [2.75, 3.05) is 12.4 Å². The molecular formula is C21H22F5N3O4S. The number of primary sulfonamides is 1. The number of pyridine rings is 1. The number of sulfonamides is 1. The van der Waals surface area contributed by atoms with Gasteiger partial charge >= 0.3 is 6.18 Å². The molecule has 0 saturated heterocycles. The number of methoxy groups -OCH3 is 1. The Morgan fingerprint density at radius 2 is 1.94 bits per heavy atom. The second-order valence-corrected chi connectivity index (χ2v) is 9.92. The van der Waals surface area contributed by atoms with Gasteiger partial charge in [0.1, 0.15) is 0 Å². The van der Waals surface area contributed by atoms with Crippen molar-refractivity contribution in [2.45, 2.75) is 43.3 Å². The first kappa shape index (κ1) is 25.8. The molecule has 1 saturated carbocycles. The van der Waals surface area contributed by atoms with E-state index in [2.05, 4.69) is 10.3 Å². The van der Waals surface area contributed by atoms with Gasteiger partial charge in [-0.3, -0.25) is 4.79 Å². The van der Waals surface area contributed by atoms with Crippen LogP contribution in [0.5, 0.6) is 5.75 Å². The maximum absolute atomic E-state index is 14.3. The summed E-state index contributed by atoms with van der Waals surface area (Å²) < 4.78 is 97.5. The molecule has 3 atom stereocenters. The van der Waals surface area contributed by atoms with Gasteiger partial charge in [0.05, 0.1) is 12.5 Å². The van der Waals surface area contributed by atoms with Gasteiger partial charge in [-0.15, -0.1) is 0 Å². The van der Waals surface area contributed by atoms with Gasteiger partial charge < -0.3 is 10.1 Å². The monoisotopic (exact) mass is 507 g/mol. The summed E-state index contributed by atoms with van der Waals surface area (Å²) in [5, 5.41) is 6.88. The van der Waals surface area contributed by atoms with Crippen LogP contribution in [0.25, 0.3) is 0 Å². The summed E-state index contributed by atoms with van der Waals surface area (Å²) in [5.74, 6) is -6.12. The lowest BCUT2D eigenvalue weighted by atomic mass is 9.63. The molecule has 0 bridgehead atoms. The van der Waals surface area contributed by atoms with Crippen LogP contribution in [-0.2, 0) is 14.8 Å². The Kier molecular flexibility index (Phi) is 6.91. The highest BCUT2D eigenvalue weighted by atomic mass is 32.2. The topological polar surface area (TPSA) is 111 Å². The molecule has 13 heteroatoms. The van der Waals surface area contributed by atoms with Crippen molar-refractivity contribution in [1.82, 2.24) is 4.98 Å². The van der Waals surface area contributed by atoms with Gasteiger partial charge in [0.25, 0.3) is 10.0 Å². The largest absolute Gasteiger partial charge is 0.493 e. The van der Waals surface area contributed by atoms with E-state index in [-0.39, 0.29) is 24.1 Å². The van der Waals surface area contributed by atoms with Gasteiger partial charge in [0.15, 0.2) is 16.6 Å². The molecule has 1 fully saturated rings. The van der Waals surface area contributed by atoms with E-state index in [4.69, 9.17) is 9.88 Å². The molecule has 1 aliphatic carbocycles. The summed E-state index contributed by atoms with van der Waals surface area (Å²) >= 11 is 0. The molecule has 3 rings (SSSR count). The van der Waals surface area contributed by atoms with Gasteiger partial charge in [-0.25, -0.2) is 22.9 Å². The number of benzene rings is 1. The molecular weight excluding hydrogens is 485 g/mol. The molecule has 1 aliphatic rings. The van der Waals surface area contributed by atoms with Crippen molar-refractivity contribution in [1.29, 1.82) is 0 Å². The zero-order valence-electron chi connectivity index (χ0n) is 18.1. The van der Waals surface area contributed by atoms with E-state index in [1.165, 1.54) is 12.1 Å². The van der Waals surface area contributed by atoms with Crippen LogP contribution in [0.15, 0.2) is 35.5 Å². The van der Waals surface area contributed by atoms with Crippen LogP contribution >= 0.6 is 0 Å². The van der Waals surface area contributed by atoms with Crippen LogP contribution in [0, 0.1) is 23.0 Å². The first-order chi connectivity index (χ1) is 15.7. The van der Waals surface area contributed by atoms with E-state index >= 15 is 0 Å². The molecule has 1 aromatic carbocycles. The fourth-order valence-electron chi connectivity index (χ4n) is 4.23. The highest BCUT2D eigenvalue weighted by molar-refractivity contribution is 7.89. The number of rotatable bonds is 5. The zero-order chi connectivity index (χ0) is 25.5. The van der Waals surface area contributed by atoms with E-state index in [1.54, 1.807) is 0 Å². The number of nitrogens with zero attached hydrogens (tertiary/aromatic N) is 1. The summed E-state index contributed by atoms with van der Waals surface area (Å²) in [6.07, 6.45) is -4.70. The molecule has 3 N–H and O–H groups in total. The maximum Gasteiger partial charge on any atom is 0.394 e. The van der Waals surface area contributed by atoms with Crippen LogP contribution in [0.3, 0.4) is 0 Å². The lowest BCUT2D eigenvalue weighted by Crippen LogP contribution is -2.45. The number of hydrogen-bond acceptors (Lipinski definition) is 5. The molecule has 1 heterocycles. The predicted octanol–water partition coefficient (Wildman–Crippen LogP) is 4.11. The summed E-state index contributed by atoms with van der Waals surface area (Å²) in [6, 6.07) is 4.21. The van der Waals surface area contributed by atoms with Crippen molar-refractivity contribution >= 4 is 21.6 Å². The number of amides is 1. The number of nitrogens with one attached hydrogen (secondary N) is 1. The van der Waals surface area contributed by atoms with Crippen molar-refractivity contribution in [3.8, 4) is 5.75 Å². The van der Waals surface area contributed by atoms with Gasteiger partial charge in [-0.1, -0.05) is 13.0 Å². The van der Waals surface area contributed by atoms with Crippen molar-refractivity contribution < 1.29 is 39.9 Å². The molecule has 2 aromatic rings. The van der Waals surface area contributed by atoms with Crippen LogP contribution < -0.4 is 15.2 Å². The van der Waals surface area contributed by atoms with E-state index in [1.807, 2.05) is 0 Å². The average Bonchev–Trinajstić information content (AvgIpc) is 2.74. The fraction of sp³-hybridized carbons (Fsp3) is 0.429. The molecule has 186 valence electrons. The quantitative estimate of drug-likeness (QED) is 0.592. The normalized spacial score (nSPS) is 23.4. The van der Waals surface area contributed by atoms with Crippen molar-refractivity contribution in [3.63, 3.8) is 0 Å². The molecule has 7 nitrogen and oxygen atoms in total. The minimum atomic E-state index is -4.62. The second kappa shape index (κ2) is 9.10. The number of carbonyl (C=O) groups excluding carboxylic acids is 1. The Morgan fingerprint density at radius 1 is 1.26 bits per heavy atom. The van der Waals surface area contributed by atoms with E-state index in [0.717, 1.165) is 32.4 Å². The van der Waals surface area contributed by atoms with E-state index < -0.39 is 68.2 Å². The Hall–Kier alpha value is -2.80. The summed E-state index contributed by atoms with van der Waals surface area (Å²) in [5.41, 5.74) is -2.20. The molecule has 34 heavy (non-hydrogen) atoms. The van der Waals surface area contributed by atoms with E-state index in [0.29, 0.717) is 0 Å². The number of nitrogens with two attached hydrogens (primary N) is 1. The van der Waals surface area contributed by atoms with Crippen molar-refractivity contribution in [3.05, 3.63) is 47.7 Å². The smallest absolute Gasteiger partial charge is 0.394 e. The third-order valence-electron chi connectivity index (χ3n) is 6.16. The number of carbonyl (C=O) groups is 1. The van der Waals surface area contributed by atoms with Gasteiger partial charge in [-0.2, -0.15) is 17.6 Å². The molecule has 1 aromatic heterocycles. The Bertz CT molecular complexity index is 1210. The Morgan fingerprint density at radius 3 is 2.53 bits per heavy atom. The maximum atomic E-state index is 14.3. The van der Waals surface area contributed by atoms with Crippen molar-refractivity contribution in [2.24, 2.45) is 16.5 Å². The zero-order valence-corrected chi connectivity index (χ0v) is 18.9. The average molecular weight is 507 g/mol. The fourth-order valence-corrected chi connectivity index (χ4v) is 4.73. The molecule has 0 spiro atoms. The molecule has 1 amide bonds. The second-order valence-electron chi connectivity index (χ2n) is 8.42. The molecule has 0 radical (unpaired) electrons. The summed E-state index contributed by atoms with van der Waals surface area (Å²) in [7, 11) is -3.11. The first-order valence-corrected chi connectivity index (χ1v) is 11.6. The summed E-state index contributed by atoms with van der Waals surface area (Å²) in [4.78, 5) is 16.8. The third-order valence-corrected chi connectivity index (χ3v) is 6.97. The number of ether oxygens (including phenoxy) is 1. The number of aromatic nitrogens is 1. The number of halogens is 5. The minimum absolute atomic E-state index is 0.0562. The highest BCUT2D eigenvalue weighted by Gasteiger charge is 2.56. The van der Waals surface area contributed by atoms with Crippen LogP contribution in [-0.4, -0.2) is 32.6 Å². The third kappa shape index (κ3) is 4.99. The molecule has 0 aliphatic heterocycles. The van der Waals surface area contributed by atoms with Gasteiger partial charge in [0, 0.05) is 29.4 Å². The summed E-state index contributed by atoms with van der Waals surface area (Å²) in [6.45, 7) is 0.998. The van der Waals surface area contributed by atoms with Crippen LogP contribution in [0.2, 0.25) is 0 Å². The number of hydrogen-bond donors (Lipinski definition) is 2. The van der Waals surface area contributed by atoms with Gasteiger partial charge in [0.2, 0.25) is 11.7 Å². The molecule has 2 unspecified atom stereocenters. The lowest BCUT2D eigenvalue weighted by molar-refractivity contribution is -0.232. The SMILES string of the molecule is COc1c(C2CC[C@](C)(C(F)(F)F)CC2C(=O)Nc2ccnc(S(N)(=O)=O)c2)ccc(F)c1F. The Labute approximate surface area is 192 Å². The van der Waals surface area contributed by atoms with E-state index in [9.17, 15) is 35.2 Å². The number of anilines is 1. The standard InChI is InChI=1S/C21H22F5N3O4S/c1-20(21(24,25)26)7-5-12(13-3-4-15(22)17(23)18(13)33-2)14(10-20)19(30)29-11-6-8-28-16(9-11)34(27,31)32/h3-4,6,8-9,12,14H,5,7,10H2,1-2H3,(H2,27,31,32)(H,28,29,30)/t12?,14?,20-/m0/s1. The predicted molar refractivity (Wildman–Crippen MR) is 111 cm³/mol. The first-order valence-electron chi connectivity index (χ1n) is 10.1. The van der Waals surface area contributed by atoms with Crippen LogP contribution in [0.1, 0.15) is 37.7 Å². The highest BCUT2D eigenvalue weighted by Crippen LogP contribution is 2.55. The van der Waals surface area contributed by atoms with Gasteiger partial charge in [-0.05, 0) is 37.3 Å². The lowest BCUT2D eigenvalue weighted by Gasteiger charge is -2.43. The Balaban J connectivity index is 2.03. The minimum Gasteiger partial charge on any atom is -0.493 e.